The molecule has 3 heteroatoms. The van der Waals surface area contributed by atoms with Crippen molar-refractivity contribution in [1.82, 2.24) is 0 Å². The SMILES string of the molecule is COCCOc1ccc2ccccc2c1C(C)=O. The number of Topliss-reactive ketones (excluding diaryl/α,β-unsaturated/α-hetero) is 1. The van der Waals surface area contributed by atoms with Crippen LogP contribution in [0.25, 0.3) is 10.8 Å². The molecule has 0 aliphatic heterocycles. The topological polar surface area (TPSA) is 35.5 Å². The normalized spacial score (nSPS) is 10.6. The monoisotopic (exact) mass is 244 g/mol. The van der Waals surface area contributed by atoms with E-state index >= 15 is 0 Å². The quantitative estimate of drug-likeness (QED) is 0.599. The Bertz CT molecular complexity index is 561. The molecule has 0 aromatic heterocycles. The van der Waals surface area contributed by atoms with Crippen LogP contribution in [0, 0.1) is 0 Å². The van der Waals surface area contributed by atoms with Crippen LogP contribution in [-0.4, -0.2) is 26.1 Å². The Morgan fingerprint density at radius 2 is 1.89 bits per heavy atom. The highest BCUT2D eigenvalue weighted by Gasteiger charge is 2.12. The summed E-state index contributed by atoms with van der Waals surface area (Å²) in [5, 5.41) is 1.97. The van der Waals surface area contributed by atoms with E-state index in [4.69, 9.17) is 9.47 Å². The first kappa shape index (κ1) is 12.6. The zero-order valence-corrected chi connectivity index (χ0v) is 10.6. The molecule has 3 nitrogen and oxygen atoms in total. The molecule has 2 aromatic carbocycles. The molecular weight excluding hydrogens is 228 g/mol. The van der Waals surface area contributed by atoms with Crippen LogP contribution >= 0.6 is 0 Å². The fraction of sp³-hybridized carbons (Fsp3) is 0.267. The fourth-order valence-corrected chi connectivity index (χ4v) is 1.97. The summed E-state index contributed by atoms with van der Waals surface area (Å²) < 4.78 is 10.5. The molecule has 18 heavy (non-hydrogen) atoms. The van der Waals surface area contributed by atoms with Gasteiger partial charge in [-0.05, 0) is 23.8 Å². The largest absolute Gasteiger partial charge is 0.490 e. The molecule has 2 rings (SSSR count). The minimum absolute atomic E-state index is 0.0132. The molecule has 0 saturated heterocycles. The zero-order valence-electron chi connectivity index (χ0n) is 10.6. The molecule has 0 heterocycles. The third-order valence-electron chi connectivity index (χ3n) is 2.79. The van der Waals surface area contributed by atoms with Crippen LogP contribution in [0.15, 0.2) is 36.4 Å². The van der Waals surface area contributed by atoms with Crippen molar-refractivity contribution in [2.45, 2.75) is 6.92 Å². The van der Waals surface area contributed by atoms with Gasteiger partial charge >= 0.3 is 0 Å². The van der Waals surface area contributed by atoms with Crippen molar-refractivity contribution in [2.24, 2.45) is 0 Å². The predicted molar refractivity (Wildman–Crippen MR) is 71.3 cm³/mol. The molecule has 0 aliphatic rings. The molecule has 0 atom stereocenters. The van der Waals surface area contributed by atoms with Gasteiger partial charge in [-0.25, -0.2) is 0 Å². The number of ether oxygens (including phenoxy) is 2. The van der Waals surface area contributed by atoms with Gasteiger partial charge in [0.05, 0.1) is 12.2 Å². The van der Waals surface area contributed by atoms with Crippen molar-refractivity contribution >= 4 is 16.6 Å². The summed E-state index contributed by atoms with van der Waals surface area (Å²) in [5.74, 6) is 0.637. The number of carbonyl (C=O) groups excluding carboxylic acids is 1. The van der Waals surface area contributed by atoms with Gasteiger partial charge in [-0.15, -0.1) is 0 Å². The second-order valence-corrected chi connectivity index (χ2v) is 4.06. The highest BCUT2D eigenvalue weighted by Crippen LogP contribution is 2.28. The Hall–Kier alpha value is -1.87. The summed E-state index contributed by atoms with van der Waals surface area (Å²) in [4.78, 5) is 11.8. The lowest BCUT2D eigenvalue weighted by molar-refractivity contribution is 0.101. The maximum Gasteiger partial charge on any atom is 0.164 e. The summed E-state index contributed by atoms with van der Waals surface area (Å²) in [7, 11) is 1.62. The average molecular weight is 244 g/mol. The Morgan fingerprint density at radius 1 is 1.11 bits per heavy atom. The molecule has 0 fully saturated rings. The van der Waals surface area contributed by atoms with Gasteiger partial charge in [0.1, 0.15) is 12.4 Å². The number of hydrogen-bond donors (Lipinski definition) is 0. The maximum atomic E-state index is 11.8. The van der Waals surface area contributed by atoms with Crippen molar-refractivity contribution < 1.29 is 14.3 Å². The number of fused-ring (bicyclic) bond motifs is 1. The molecule has 94 valence electrons. The minimum Gasteiger partial charge on any atom is -0.490 e. The number of benzene rings is 2. The molecule has 0 radical (unpaired) electrons. The van der Waals surface area contributed by atoms with E-state index in [-0.39, 0.29) is 5.78 Å². The second-order valence-electron chi connectivity index (χ2n) is 4.06. The number of hydrogen-bond acceptors (Lipinski definition) is 3. The van der Waals surface area contributed by atoms with Gasteiger partial charge in [-0.3, -0.25) is 4.79 Å². The van der Waals surface area contributed by atoms with Crippen LogP contribution in [0.4, 0.5) is 0 Å². The molecule has 0 spiro atoms. The lowest BCUT2D eigenvalue weighted by Crippen LogP contribution is -2.07. The van der Waals surface area contributed by atoms with Gasteiger partial charge in [0.15, 0.2) is 5.78 Å². The smallest absolute Gasteiger partial charge is 0.164 e. The molecule has 0 amide bonds. The average Bonchev–Trinajstić information content (AvgIpc) is 2.38. The van der Waals surface area contributed by atoms with E-state index in [1.165, 1.54) is 0 Å². The van der Waals surface area contributed by atoms with Crippen molar-refractivity contribution in [3.05, 3.63) is 42.0 Å². The van der Waals surface area contributed by atoms with E-state index in [1.54, 1.807) is 14.0 Å². The third kappa shape index (κ3) is 2.51. The van der Waals surface area contributed by atoms with Gasteiger partial charge in [0, 0.05) is 7.11 Å². The van der Waals surface area contributed by atoms with E-state index in [0.717, 1.165) is 10.8 Å². The minimum atomic E-state index is 0.0132. The van der Waals surface area contributed by atoms with Crippen molar-refractivity contribution in [3.63, 3.8) is 0 Å². The zero-order chi connectivity index (χ0) is 13.0. The Morgan fingerprint density at radius 3 is 2.61 bits per heavy atom. The third-order valence-corrected chi connectivity index (χ3v) is 2.79. The van der Waals surface area contributed by atoms with Crippen LogP contribution in [-0.2, 0) is 4.74 Å². The lowest BCUT2D eigenvalue weighted by atomic mass is 10.0. The second kappa shape index (κ2) is 5.65. The molecule has 0 unspecified atom stereocenters. The maximum absolute atomic E-state index is 11.8. The number of carbonyl (C=O) groups is 1. The predicted octanol–water partition coefficient (Wildman–Crippen LogP) is 3.07. The van der Waals surface area contributed by atoms with Gasteiger partial charge in [0.25, 0.3) is 0 Å². The molecule has 0 bridgehead atoms. The fourth-order valence-electron chi connectivity index (χ4n) is 1.97. The summed E-state index contributed by atoms with van der Waals surface area (Å²) in [6, 6.07) is 11.6. The standard InChI is InChI=1S/C15H16O3/c1-11(16)15-13-6-4-3-5-12(13)7-8-14(15)18-10-9-17-2/h3-8H,9-10H2,1-2H3. The highest BCUT2D eigenvalue weighted by molar-refractivity contribution is 6.09. The lowest BCUT2D eigenvalue weighted by Gasteiger charge is -2.12. The van der Waals surface area contributed by atoms with Gasteiger partial charge < -0.3 is 9.47 Å². The Kier molecular flexibility index (Phi) is 3.95. The van der Waals surface area contributed by atoms with Crippen LogP contribution < -0.4 is 4.74 Å². The molecule has 0 N–H and O–H groups in total. The Labute approximate surface area is 106 Å². The van der Waals surface area contributed by atoms with Crippen molar-refractivity contribution in [1.29, 1.82) is 0 Å². The summed E-state index contributed by atoms with van der Waals surface area (Å²) in [6.07, 6.45) is 0. The molecule has 0 aliphatic carbocycles. The van der Waals surface area contributed by atoms with Crippen LogP contribution in [0.3, 0.4) is 0 Å². The number of ketones is 1. The summed E-state index contributed by atoms with van der Waals surface area (Å²) in [5.41, 5.74) is 0.643. The van der Waals surface area contributed by atoms with E-state index in [1.807, 2.05) is 36.4 Å². The summed E-state index contributed by atoms with van der Waals surface area (Å²) >= 11 is 0. The number of methoxy groups -OCH3 is 1. The Balaban J connectivity index is 2.46. The van der Waals surface area contributed by atoms with Gasteiger partial charge in [-0.1, -0.05) is 30.3 Å². The first-order valence-electron chi connectivity index (χ1n) is 5.88. The van der Waals surface area contributed by atoms with Crippen LogP contribution in [0.2, 0.25) is 0 Å². The van der Waals surface area contributed by atoms with E-state index in [2.05, 4.69) is 0 Å². The van der Waals surface area contributed by atoms with Gasteiger partial charge in [0.2, 0.25) is 0 Å². The first-order chi connectivity index (χ1) is 8.74. The van der Waals surface area contributed by atoms with Crippen molar-refractivity contribution in [3.8, 4) is 5.75 Å². The first-order valence-corrected chi connectivity index (χ1v) is 5.88. The summed E-state index contributed by atoms with van der Waals surface area (Å²) in [6.45, 7) is 2.50. The molecular formula is C15H16O3. The van der Waals surface area contributed by atoms with E-state index in [9.17, 15) is 4.79 Å². The molecule has 0 saturated carbocycles. The van der Waals surface area contributed by atoms with Crippen LogP contribution in [0.1, 0.15) is 17.3 Å². The highest BCUT2D eigenvalue weighted by atomic mass is 16.5. The van der Waals surface area contributed by atoms with E-state index in [0.29, 0.717) is 24.5 Å². The molecule has 2 aromatic rings. The van der Waals surface area contributed by atoms with Crippen molar-refractivity contribution in [2.75, 3.05) is 20.3 Å². The van der Waals surface area contributed by atoms with Crippen LogP contribution in [0.5, 0.6) is 5.75 Å². The van der Waals surface area contributed by atoms with E-state index < -0.39 is 0 Å². The number of rotatable bonds is 5. The van der Waals surface area contributed by atoms with Gasteiger partial charge in [-0.2, -0.15) is 0 Å².